The second-order valence-electron chi connectivity index (χ2n) is 5.73. The molecule has 0 spiro atoms. The van der Waals surface area contributed by atoms with Crippen LogP contribution in [0.5, 0.6) is 5.75 Å². The van der Waals surface area contributed by atoms with Crippen LogP contribution >= 0.6 is 0 Å². The fraction of sp³-hybridized carbons (Fsp3) is 0.500. The predicted molar refractivity (Wildman–Crippen MR) is 81.1 cm³/mol. The van der Waals surface area contributed by atoms with Crippen molar-refractivity contribution in [1.82, 2.24) is 5.32 Å². The highest BCUT2D eigenvalue weighted by Gasteiger charge is 2.26. The van der Waals surface area contributed by atoms with Crippen LogP contribution in [-0.2, 0) is 9.59 Å². The summed E-state index contributed by atoms with van der Waals surface area (Å²) in [6.45, 7) is 5.08. The van der Waals surface area contributed by atoms with E-state index in [4.69, 9.17) is 4.74 Å². The molecule has 0 saturated carbocycles. The number of para-hydroxylation sites is 2. The van der Waals surface area contributed by atoms with Crippen LogP contribution in [0.1, 0.15) is 26.7 Å². The topological polar surface area (TPSA) is 67.4 Å². The molecule has 1 heterocycles. The Balaban J connectivity index is 1.87. The maximum atomic E-state index is 12.1. The van der Waals surface area contributed by atoms with E-state index >= 15 is 0 Å². The Bertz CT molecular complexity index is 514. The Kier molecular flexibility index (Phi) is 5.20. The van der Waals surface area contributed by atoms with Crippen molar-refractivity contribution in [3.8, 4) is 5.75 Å². The van der Waals surface area contributed by atoms with Crippen LogP contribution in [0.25, 0.3) is 0 Å². The summed E-state index contributed by atoms with van der Waals surface area (Å²) >= 11 is 0. The van der Waals surface area contributed by atoms with Gasteiger partial charge in [0.2, 0.25) is 11.8 Å². The molecule has 21 heavy (non-hydrogen) atoms. The van der Waals surface area contributed by atoms with Gasteiger partial charge in [0.25, 0.3) is 0 Å². The molecule has 0 aliphatic carbocycles. The minimum absolute atomic E-state index is 0.106. The number of rotatable bonds is 5. The number of fused-ring (bicyclic) bond motifs is 1. The lowest BCUT2D eigenvalue weighted by Crippen LogP contribution is -2.33. The summed E-state index contributed by atoms with van der Waals surface area (Å²) in [6.07, 6.45) is 1.09. The Morgan fingerprint density at radius 3 is 2.95 bits per heavy atom. The van der Waals surface area contributed by atoms with E-state index in [2.05, 4.69) is 24.5 Å². The highest BCUT2D eigenvalue weighted by atomic mass is 16.5. The highest BCUT2D eigenvalue weighted by molar-refractivity contribution is 5.97. The molecule has 0 radical (unpaired) electrons. The Labute approximate surface area is 125 Å². The van der Waals surface area contributed by atoms with Gasteiger partial charge in [0, 0.05) is 13.0 Å². The summed E-state index contributed by atoms with van der Waals surface area (Å²) in [6, 6.07) is 7.28. The lowest BCUT2D eigenvalue weighted by atomic mass is 10.1. The molecule has 1 unspecified atom stereocenters. The molecular formula is C16H22N2O3. The van der Waals surface area contributed by atoms with Crippen LogP contribution in [0, 0.1) is 11.8 Å². The number of nitrogens with one attached hydrogen (secondary N) is 2. The normalized spacial score (nSPS) is 17.5. The fourth-order valence-electron chi connectivity index (χ4n) is 2.14. The number of ether oxygens (including phenoxy) is 1. The first-order valence-electron chi connectivity index (χ1n) is 7.35. The first-order valence-corrected chi connectivity index (χ1v) is 7.35. The van der Waals surface area contributed by atoms with E-state index in [1.54, 1.807) is 12.1 Å². The molecule has 1 aromatic rings. The summed E-state index contributed by atoms with van der Waals surface area (Å²) in [4.78, 5) is 24.0. The highest BCUT2D eigenvalue weighted by Crippen LogP contribution is 2.28. The maximum absolute atomic E-state index is 12.1. The van der Waals surface area contributed by atoms with Crippen LogP contribution in [0.2, 0.25) is 0 Å². The molecule has 114 valence electrons. The molecule has 0 fully saturated rings. The molecule has 0 bridgehead atoms. The van der Waals surface area contributed by atoms with Gasteiger partial charge in [0.1, 0.15) is 12.4 Å². The third kappa shape index (κ3) is 4.48. The first kappa shape index (κ1) is 15.4. The standard InChI is InChI=1S/C16H22N2O3/c1-11(2)7-8-17-15(19)9-12-10-21-14-6-4-3-5-13(14)18-16(12)20/h3-6,11-12H,7-10H2,1-2H3,(H,17,19)(H,18,20). The van der Waals surface area contributed by atoms with E-state index in [1.807, 2.05) is 12.1 Å². The average molecular weight is 290 g/mol. The number of carbonyl (C=O) groups excluding carboxylic acids is 2. The summed E-state index contributed by atoms with van der Waals surface area (Å²) in [7, 11) is 0. The average Bonchev–Trinajstić information content (AvgIpc) is 2.58. The molecule has 2 rings (SSSR count). The summed E-state index contributed by atoms with van der Waals surface area (Å²) in [5.74, 6) is 0.457. The van der Waals surface area contributed by atoms with Gasteiger partial charge in [0.05, 0.1) is 11.6 Å². The predicted octanol–water partition coefficient (Wildman–Crippen LogP) is 2.19. The lowest BCUT2D eigenvalue weighted by molar-refractivity contribution is -0.128. The molecule has 1 atom stereocenters. The van der Waals surface area contributed by atoms with E-state index in [0.29, 0.717) is 23.9 Å². The zero-order valence-electron chi connectivity index (χ0n) is 12.5. The van der Waals surface area contributed by atoms with Crippen LogP contribution < -0.4 is 15.4 Å². The Hall–Kier alpha value is -2.04. The van der Waals surface area contributed by atoms with Gasteiger partial charge in [-0.15, -0.1) is 0 Å². The van der Waals surface area contributed by atoms with Crippen molar-refractivity contribution in [3.63, 3.8) is 0 Å². The van der Waals surface area contributed by atoms with E-state index in [9.17, 15) is 9.59 Å². The van der Waals surface area contributed by atoms with Crippen molar-refractivity contribution in [2.24, 2.45) is 11.8 Å². The van der Waals surface area contributed by atoms with Crippen LogP contribution in [0.15, 0.2) is 24.3 Å². The monoisotopic (exact) mass is 290 g/mol. The van der Waals surface area contributed by atoms with Gasteiger partial charge in [-0.05, 0) is 24.5 Å². The van der Waals surface area contributed by atoms with Crippen molar-refractivity contribution in [2.45, 2.75) is 26.7 Å². The number of hydrogen-bond donors (Lipinski definition) is 2. The SMILES string of the molecule is CC(C)CCNC(=O)CC1COc2ccccc2NC1=O. The zero-order valence-corrected chi connectivity index (χ0v) is 12.5. The quantitative estimate of drug-likeness (QED) is 0.873. The van der Waals surface area contributed by atoms with E-state index in [0.717, 1.165) is 6.42 Å². The third-order valence-electron chi connectivity index (χ3n) is 3.43. The van der Waals surface area contributed by atoms with E-state index < -0.39 is 5.92 Å². The Morgan fingerprint density at radius 2 is 2.19 bits per heavy atom. The number of carbonyl (C=O) groups is 2. The zero-order chi connectivity index (χ0) is 15.2. The van der Waals surface area contributed by atoms with Crippen molar-refractivity contribution in [3.05, 3.63) is 24.3 Å². The number of anilines is 1. The van der Waals surface area contributed by atoms with Crippen molar-refractivity contribution in [2.75, 3.05) is 18.5 Å². The number of hydrogen-bond acceptors (Lipinski definition) is 3. The second kappa shape index (κ2) is 7.11. The minimum Gasteiger partial charge on any atom is -0.491 e. The molecule has 5 heteroatoms. The van der Waals surface area contributed by atoms with Gasteiger partial charge in [-0.3, -0.25) is 9.59 Å². The molecule has 1 aliphatic rings. The Morgan fingerprint density at radius 1 is 1.43 bits per heavy atom. The van der Waals surface area contributed by atoms with Gasteiger partial charge in [0.15, 0.2) is 0 Å². The van der Waals surface area contributed by atoms with Gasteiger partial charge in [-0.1, -0.05) is 26.0 Å². The largest absolute Gasteiger partial charge is 0.491 e. The van der Waals surface area contributed by atoms with Gasteiger partial charge >= 0.3 is 0 Å². The van der Waals surface area contributed by atoms with Crippen molar-refractivity contribution < 1.29 is 14.3 Å². The van der Waals surface area contributed by atoms with Crippen LogP contribution in [0.3, 0.4) is 0 Å². The van der Waals surface area contributed by atoms with E-state index in [-0.39, 0.29) is 24.8 Å². The van der Waals surface area contributed by atoms with Crippen LogP contribution in [0.4, 0.5) is 5.69 Å². The second-order valence-corrected chi connectivity index (χ2v) is 5.73. The molecule has 1 aliphatic heterocycles. The lowest BCUT2D eigenvalue weighted by Gasteiger charge is -2.13. The van der Waals surface area contributed by atoms with Gasteiger partial charge in [-0.25, -0.2) is 0 Å². The molecule has 2 N–H and O–H groups in total. The molecule has 0 saturated heterocycles. The molecular weight excluding hydrogens is 268 g/mol. The molecule has 5 nitrogen and oxygen atoms in total. The molecule has 1 aromatic carbocycles. The third-order valence-corrected chi connectivity index (χ3v) is 3.43. The van der Waals surface area contributed by atoms with Crippen molar-refractivity contribution >= 4 is 17.5 Å². The number of benzene rings is 1. The minimum atomic E-state index is -0.462. The van der Waals surface area contributed by atoms with Crippen LogP contribution in [-0.4, -0.2) is 25.0 Å². The fourth-order valence-corrected chi connectivity index (χ4v) is 2.14. The molecule has 2 amide bonds. The molecule has 0 aromatic heterocycles. The summed E-state index contributed by atoms with van der Waals surface area (Å²) < 4.78 is 5.61. The summed E-state index contributed by atoms with van der Waals surface area (Å²) in [5.41, 5.74) is 0.658. The summed E-state index contributed by atoms with van der Waals surface area (Å²) in [5, 5.41) is 5.66. The maximum Gasteiger partial charge on any atom is 0.231 e. The van der Waals surface area contributed by atoms with Gasteiger partial charge < -0.3 is 15.4 Å². The smallest absolute Gasteiger partial charge is 0.231 e. The number of amides is 2. The first-order chi connectivity index (χ1) is 10.1. The van der Waals surface area contributed by atoms with E-state index in [1.165, 1.54) is 0 Å². The van der Waals surface area contributed by atoms with Crippen molar-refractivity contribution in [1.29, 1.82) is 0 Å². The van der Waals surface area contributed by atoms with Gasteiger partial charge in [-0.2, -0.15) is 0 Å².